The summed E-state index contributed by atoms with van der Waals surface area (Å²) < 4.78 is 32.8. The highest BCUT2D eigenvalue weighted by molar-refractivity contribution is 5.36. The van der Waals surface area contributed by atoms with E-state index in [-0.39, 0.29) is 12.5 Å². The lowest BCUT2D eigenvalue weighted by Crippen LogP contribution is -2.36. The number of rotatable bonds is 8. The smallest absolute Gasteiger partial charge is 0.200 e. The molecule has 1 aliphatic carbocycles. The first kappa shape index (κ1) is 21.7. The van der Waals surface area contributed by atoms with Crippen molar-refractivity contribution in [3.8, 4) is 0 Å². The van der Waals surface area contributed by atoms with E-state index in [0.29, 0.717) is 18.0 Å². The summed E-state index contributed by atoms with van der Waals surface area (Å²) in [6, 6.07) is 10.2. The molecular formula is C25H28F2N2O2. The lowest BCUT2D eigenvalue weighted by atomic mass is 9.86. The Hall–Kier alpha value is -2.57. The van der Waals surface area contributed by atoms with E-state index in [1.165, 1.54) is 41.3 Å². The second kappa shape index (κ2) is 9.71. The molecule has 0 fully saturated rings. The minimum absolute atomic E-state index is 0.168. The molecule has 0 amide bonds. The number of benzene rings is 2. The standard InChI is InChI=1S/C25H28F2N2O2/c1-2-16-6-7-18-4-3-5-23(21(18)12-16)29-15-24(30)22(25-28-8-9-31-25)13-17-10-19(26)14-20(27)11-17/h6-12,14,22-24,29-30H,2-5,13,15H2,1H3. The van der Waals surface area contributed by atoms with Crippen molar-refractivity contribution >= 4 is 0 Å². The average Bonchev–Trinajstić information content (AvgIpc) is 3.29. The highest BCUT2D eigenvalue weighted by Crippen LogP contribution is 2.31. The molecule has 0 saturated heterocycles. The third kappa shape index (κ3) is 5.20. The van der Waals surface area contributed by atoms with Crippen LogP contribution in [0.25, 0.3) is 0 Å². The molecule has 6 heteroatoms. The van der Waals surface area contributed by atoms with Crippen LogP contribution in [0.1, 0.15) is 59.9 Å². The van der Waals surface area contributed by atoms with Crippen LogP contribution in [0.5, 0.6) is 0 Å². The van der Waals surface area contributed by atoms with Crippen LogP contribution in [0, 0.1) is 11.6 Å². The lowest BCUT2D eigenvalue weighted by molar-refractivity contribution is 0.123. The van der Waals surface area contributed by atoms with E-state index in [2.05, 4.69) is 35.4 Å². The molecule has 2 N–H and O–H groups in total. The fourth-order valence-corrected chi connectivity index (χ4v) is 4.47. The number of aromatic nitrogens is 1. The summed E-state index contributed by atoms with van der Waals surface area (Å²) in [5, 5.41) is 14.5. The van der Waals surface area contributed by atoms with Crippen molar-refractivity contribution < 1.29 is 18.3 Å². The van der Waals surface area contributed by atoms with Gasteiger partial charge in [-0.2, -0.15) is 0 Å². The van der Waals surface area contributed by atoms with Gasteiger partial charge in [0.2, 0.25) is 0 Å². The number of hydrogen-bond acceptors (Lipinski definition) is 4. The van der Waals surface area contributed by atoms with Crippen molar-refractivity contribution in [1.82, 2.24) is 10.3 Å². The van der Waals surface area contributed by atoms with Crippen LogP contribution >= 0.6 is 0 Å². The molecule has 4 rings (SSSR count). The molecule has 0 aliphatic heterocycles. The molecular weight excluding hydrogens is 398 g/mol. The second-order valence-corrected chi connectivity index (χ2v) is 8.27. The second-order valence-electron chi connectivity index (χ2n) is 8.27. The Balaban J connectivity index is 1.49. The summed E-state index contributed by atoms with van der Waals surface area (Å²) in [4.78, 5) is 4.19. The summed E-state index contributed by atoms with van der Waals surface area (Å²) in [7, 11) is 0. The van der Waals surface area contributed by atoms with Crippen LogP contribution in [0.15, 0.2) is 53.3 Å². The number of aliphatic hydroxyl groups excluding tert-OH is 1. The van der Waals surface area contributed by atoms with Gasteiger partial charge in [0, 0.05) is 18.7 Å². The summed E-state index contributed by atoms with van der Waals surface area (Å²) in [5.41, 5.74) is 4.42. The van der Waals surface area contributed by atoms with Gasteiger partial charge in [-0.15, -0.1) is 0 Å². The summed E-state index contributed by atoms with van der Waals surface area (Å²) in [6.07, 6.45) is 6.51. The van der Waals surface area contributed by atoms with Gasteiger partial charge in [-0.1, -0.05) is 25.1 Å². The lowest BCUT2D eigenvalue weighted by Gasteiger charge is -2.29. The summed E-state index contributed by atoms with van der Waals surface area (Å²) in [5.74, 6) is -1.44. The highest BCUT2D eigenvalue weighted by atomic mass is 19.1. The molecule has 0 radical (unpaired) electrons. The van der Waals surface area contributed by atoms with Gasteiger partial charge in [0.25, 0.3) is 0 Å². The Bertz CT molecular complexity index is 987. The molecule has 0 bridgehead atoms. The van der Waals surface area contributed by atoms with E-state index < -0.39 is 23.7 Å². The van der Waals surface area contributed by atoms with Gasteiger partial charge < -0.3 is 14.8 Å². The maximum Gasteiger partial charge on any atom is 0.200 e. The normalized spacial score (nSPS) is 17.9. The van der Waals surface area contributed by atoms with Crippen molar-refractivity contribution in [2.45, 2.75) is 57.1 Å². The van der Waals surface area contributed by atoms with E-state index >= 15 is 0 Å². The van der Waals surface area contributed by atoms with E-state index in [9.17, 15) is 13.9 Å². The molecule has 0 saturated carbocycles. The summed E-state index contributed by atoms with van der Waals surface area (Å²) in [6.45, 7) is 2.47. The molecule has 31 heavy (non-hydrogen) atoms. The van der Waals surface area contributed by atoms with Crippen LogP contribution in [0.3, 0.4) is 0 Å². The zero-order chi connectivity index (χ0) is 21.8. The fraction of sp³-hybridized carbons (Fsp3) is 0.400. The largest absolute Gasteiger partial charge is 0.449 e. The van der Waals surface area contributed by atoms with E-state index in [4.69, 9.17) is 4.42 Å². The molecule has 0 spiro atoms. The third-order valence-corrected chi connectivity index (χ3v) is 6.12. The average molecular weight is 427 g/mol. The van der Waals surface area contributed by atoms with Gasteiger partial charge in [0.05, 0.1) is 18.2 Å². The van der Waals surface area contributed by atoms with Crippen molar-refractivity contribution in [2.75, 3.05) is 6.54 Å². The molecule has 1 aromatic heterocycles. The number of halogens is 2. The van der Waals surface area contributed by atoms with E-state index in [0.717, 1.165) is 31.7 Å². The molecule has 4 nitrogen and oxygen atoms in total. The quantitative estimate of drug-likeness (QED) is 0.540. The maximum atomic E-state index is 13.7. The number of nitrogens with one attached hydrogen (secondary N) is 1. The number of aliphatic hydroxyl groups is 1. The molecule has 1 heterocycles. The van der Waals surface area contributed by atoms with Crippen LogP contribution in [-0.4, -0.2) is 22.7 Å². The van der Waals surface area contributed by atoms with Crippen molar-refractivity contribution in [3.05, 3.63) is 88.6 Å². The highest BCUT2D eigenvalue weighted by Gasteiger charge is 2.28. The molecule has 1 aliphatic rings. The van der Waals surface area contributed by atoms with Crippen LogP contribution in [0.4, 0.5) is 8.78 Å². The maximum absolute atomic E-state index is 13.7. The number of fused-ring (bicyclic) bond motifs is 1. The zero-order valence-corrected chi connectivity index (χ0v) is 17.7. The van der Waals surface area contributed by atoms with Crippen molar-refractivity contribution in [3.63, 3.8) is 0 Å². The van der Waals surface area contributed by atoms with Crippen LogP contribution in [-0.2, 0) is 19.3 Å². The van der Waals surface area contributed by atoms with Gasteiger partial charge in [0.15, 0.2) is 5.89 Å². The number of nitrogens with zero attached hydrogens (tertiary/aromatic N) is 1. The summed E-state index contributed by atoms with van der Waals surface area (Å²) >= 11 is 0. The molecule has 3 aromatic rings. The number of oxazole rings is 1. The molecule has 164 valence electrons. The first-order valence-corrected chi connectivity index (χ1v) is 10.9. The Morgan fingerprint density at radius 2 is 1.97 bits per heavy atom. The topological polar surface area (TPSA) is 58.3 Å². The Labute approximate surface area is 181 Å². The van der Waals surface area contributed by atoms with Gasteiger partial charge in [0.1, 0.15) is 17.9 Å². The van der Waals surface area contributed by atoms with Gasteiger partial charge in [-0.25, -0.2) is 13.8 Å². The number of aryl methyl sites for hydroxylation is 2. The van der Waals surface area contributed by atoms with Crippen molar-refractivity contribution in [2.24, 2.45) is 0 Å². The zero-order valence-electron chi connectivity index (χ0n) is 17.7. The van der Waals surface area contributed by atoms with Crippen LogP contribution < -0.4 is 5.32 Å². The Morgan fingerprint density at radius 3 is 2.68 bits per heavy atom. The molecule has 3 atom stereocenters. The predicted octanol–water partition coefficient (Wildman–Crippen LogP) is 4.87. The first-order valence-electron chi connectivity index (χ1n) is 10.9. The van der Waals surface area contributed by atoms with Gasteiger partial charge >= 0.3 is 0 Å². The monoisotopic (exact) mass is 426 g/mol. The van der Waals surface area contributed by atoms with Crippen molar-refractivity contribution in [1.29, 1.82) is 0 Å². The van der Waals surface area contributed by atoms with Crippen LogP contribution in [0.2, 0.25) is 0 Å². The number of hydrogen-bond donors (Lipinski definition) is 2. The Kier molecular flexibility index (Phi) is 6.78. The SMILES string of the molecule is CCc1ccc2c(c1)C(NCC(O)C(Cc1cc(F)cc(F)c1)c1ncco1)CCC2. The molecule has 3 unspecified atom stereocenters. The van der Waals surface area contributed by atoms with E-state index in [1.54, 1.807) is 0 Å². The van der Waals surface area contributed by atoms with Gasteiger partial charge in [-0.05, 0) is 66.5 Å². The predicted molar refractivity (Wildman–Crippen MR) is 115 cm³/mol. The fourth-order valence-electron chi connectivity index (χ4n) is 4.47. The Morgan fingerprint density at radius 1 is 1.16 bits per heavy atom. The van der Waals surface area contributed by atoms with E-state index in [1.807, 2.05) is 0 Å². The first-order chi connectivity index (χ1) is 15.0. The minimum Gasteiger partial charge on any atom is -0.449 e. The van der Waals surface area contributed by atoms with Gasteiger partial charge in [-0.3, -0.25) is 0 Å². The molecule has 2 aromatic carbocycles. The third-order valence-electron chi connectivity index (χ3n) is 6.12. The minimum atomic E-state index is -0.829.